The van der Waals surface area contributed by atoms with Crippen LogP contribution in [0.4, 0.5) is 0 Å². The molecule has 4 aliphatic carbocycles. The minimum atomic E-state index is -0.0501. The van der Waals surface area contributed by atoms with Crippen molar-refractivity contribution in [1.29, 1.82) is 0 Å². The zero-order valence-electron chi connectivity index (χ0n) is 17.7. The van der Waals surface area contributed by atoms with Crippen LogP contribution in [0.5, 0.6) is 0 Å². The number of rotatable bonds is 4. The van der Waals surface area contributed by atoms with Gasteiger partial charge in [-0.1, -0.05) is 6.92 Å². The van der Waals surface area contributed by atoms with Crippen LogP contribution in [0.2, 0.25) is 0 Å². The van der Waals surface area contributed by atoms with Gasteiger partial charge in [-0.2, -0.15) is 5.10 Å². The van der Waals surface area contributed by atoms with Crippen molar-refractivity contribution in [2.75, 3.05) is 26.2 Å². The maximum Gasteiger partial charge on any atom is 0.227 e. The van der Waals surface area contributed by atoms with Crippen molar-refractivity contribution in [3.63, 3.8) is 0 Å². The quantitative estimate of drug-likeness (QED) is 0.800. The fraction of sp³-hybridized carbons (Fsp3) is 0.864. The number of carbonyl (C=O) groups is 1. The molecule has 5 fully saturated rings. The second kappa shape index (κ2) is 6.82. The molecule has 2 heterocycles. The van der Waals surface area contributed by atoms with E-state index in [9.17, 15) is 4.79 Å². The standard InChI is InChI=1S/C22H35N5O/c1-15(14-27-17(3)23-16(2)24-27)21(28)25-4-6-26(7-5-25)22-11-18-8-19(12-22)10-20(9-18)13-22/h15,18-20H,4-14H2,1-3H3/t15-,18?,19?,20?,22?/m0/s1. The van der Waals surface area contributed by atoms with Crippen LogP contribution < -0.4 is 0 Å². The van der Waals surface area contributed by atoms with E-state index in [0.29, 0.717) is 12.1 Å². The summed E-state index contributed by atoms with van der Waals surface area (Å²) < 4.78 is 1.88. The van der Waals surface area contributed by atoms with Gasteiger partial charge in [-0.25, -0.2) is 9.67 Å². The van der Waals surface area contributed by atoms with Crippen molar-refractivity contribution in [3.8, 4) is 0 Å². The molecule has 6 rings (SSSR count). The number of hydrogen-bond donors (Lipinski definition) is 0. The summed E-state index contributed by atoms with van der Waals surface area (Å²) in [7, 11) is 0. The van der Waals surface area contributed by atoms with Gasteiger partial charge in [-0.3, -0.25) is 9.69 Å². The molecule has 1 amide bonds. The van der Waals surface area contributed by atoms with E-state index in [2.05, 4.69) is 19.9 Å². The first-order valence-electron chi connectivity index (χ1n) is 11.3. The molecule has 0 spiro atoms. The molecule has 0 aromatic carbocycles. The third-order valence-electron chi connectivity index (χ3n) is 8.10. The molecule has 4 saturated carbocycles. The number of amides is 1. The Kier molecular flexibility index (Phi) is 4.53. The van der Waals surface area contributed by atoms with Crippen molar-refractivity contribution in [2.45, 2.75) is 71.4 Å². The minimum absolute atomic E-state index is 0.0501. The van der Waals surface area contributed by atoms with Gasteiger partial charge >= 0.3 is 0 Å². The van der Waals surface area contributed by atoms with Crippen LogP contribution in [0.25, 0.3) is 0 Å². The molecule has 1 aromatic heterocycles. The average Bonchev–Trinajstić information content (AvgIpc) is 2.97. The fourth-order valence-electron chi connectivity index (χ4n) is 7.24. The van der Waals surface area contributed by atoms with Crippen molar-refractivity contribution >= 4 is 5.91 Å². The normalized spacial score (nSPS) is 36.1. The summed E-state index contributed by atoms with van der Waals surface area (Å²) in [6.07, 6.45) is 8.76. The molecule has 1 atom stereocenters. The first kappa shape index (κ1) is 18.6. The number of piperazine rings is 1. The van der Waals surface area contributed by atoms with Gasteiger partial charge in [0, 0.05) is 31.7 Å². The van der Waals surface area contributed by atoms with Gasteiger partial charge in [0.15, 0.2) is 0 Å². The Morgan fingerprint density at radius 2 is 1.61 bits per heavy atom. The summed E-state index contributed by atoms with van der Waals surface area (Å²) in [6, 6.07) is 0. The molecule has 6 nitrogen and oxygen atoms in total. The van der Waals surface area contributed by atoms with Crippen LogP contribution in [0.1, 0.15) is 57.1 Å². The first-order chi connectivity index (χ1) is 13.4. The highest BCUT2D eigenvalue weighted by atomic mass is 16.2. The summed E-state index contributed by atoms with van der Waals surface area (Å²) in [5.74, 6) is 4.86. The van der Waals surface area contributed by atoms with Crippen molar-refractivity contribution in [1.82, 2.24) is 24.6 Å². The maximum atomic E-state index is 13.0. The lowest BCUT2D eigenvalue weighted by Gasteiger charge is -2.61. The maximum absolute atomic E-state index is 13.0. The van der Waals surface area contributed by atoms with Crippen LogP contribution in [0, 0.1) is 37.5 Å². The SMILES string of the molecule is Cc1nc(C)n(C[C@H](C)C(=O)N2CCN(C34CC5CC(CC(C5)C3)C4)CC2)n1. The van der Waals surface area contributed by atoms with Gasteiger partial charge < -0.3 is 4.90 Å². The van der Waals surface area contributed by atoms with E-state index >= 15 is 0 Å². The van der Waals surface area contributed by atoms with Crippen LogP contribution >= 0.6 is 0 Å². The molecule has 5 aliphatic rings. The van der Waals surface area contributed by atoms with Gasteiger partial charge in [0.05, 0.1) is 12.5 Å². The lowest BCUT2D eigenvalue weighted by Crippen LogP contribution is -2.64. The lowest BCUT2D eigenvalue weighted by molar-refractivity contribution is -0.142. The Morgan fingerprint density at radius 3 is 2.11 bits per heavy atom. The molecule has 1 aliphatic heterocycles. The third kappa shape index (κ3) is 3.17. The van der Waals surface area contributed by atoms with E-state index < -0.39 is 0 Å². The van der Waals surface area contributed by atoms with Gasteiger partial charge in [-0.05, 0) is 70.1 Å². The van der Waals surface area contributed by atoms with Gasteiger partial charge in [0.1, 0.15) is 11.6 Å². The highest BCUT2D eigenvalue weighted by Crippen LogP contribution is 2.57. The molecule has 0 radical (unpaired) electrons. The van der Waals surface area contributed by atoms with E-state index in [1.807, 2.05) is 25.5 Å². The molecular formula is C22H35N5O. The molecule has 0 unspecified atom stereocenters. The summed E-state index contributed by atoms with van der Waals surface area (Å²) in [5, 5.41) is 4.42. The van der Waals surface area contributed by atoms with Crippen LogP contribution in [-0.2, 0) is 11.3 Å². The Hall–Kier alpha value is -1.43. The Morgan fingerprint density at radius 1 is 1.04 bits per heavy atom. The molecule has 154 valence electrons. The number of nitrogens with zero attached hydrogens (tertiary/aromatic N) is 5. The fourth-order valence-corrected chi connectivity index (χ4v) is 7.24. The molecule has 4 bridgehead atoms. The number of carbonyl (C=O) groups excluding carboxylic acids is 1. The third-order valence-corrected chi connectivity index (χ3v) is 8.10. The van der Waals surface area contributed by atoms with Crippen LogP contribution in [0.15, 0.2) is 0 Å². The monoisotopic (exact) mass is 385 g/mol. The number of hydrogen-bond acceptors (Lipinski definition) is 4. The van der Waals surface area contributed by atoms with Crippen molar-refractivity contribution in [2.24, 2.45) is 23.7 Å². The average molecular weight is 386 g/mol. The van der Waals surface area contributed by atoms with Crippen LogP contribution in [0.3, 0.4) is 0 Å². The van der Waals surface area contributed by atoms with Gasteiger partial charge in [-0.15, -0.1) is 0 Å². The van der Waals surface area contributed by atoms with E-state index in [0.717, 1.165) is 55.6 Å². The Bertz CT molecular complexity index is 713. The topological polar surface area (TPSA) is 54.3 Å². The van der Waals surface area contributed by atoms with Crippen molar-refractivity contribution < 1.29 is 4.79 Å². The molecule has 28 heavy (non-hydrogen) atoms. The van der Waals surface area contributed by atoms with Crippen LogP contribution in [-0.4, -0.2) is 62.2 Å². The highest BCUT2D eigenvalue weighted by molar-refractivity contribution is 5.78. The lowest BCUT2D eigenvalue weighted by atomic mass is 9.52. The molecular weight excluding hydrogens is 350 g/mol. The molecule has 6 heteroatoms. The largest absolute Gasteiger partial charge is 0.340 e. The summed E-state index contributed by atoms with van der Waals surface area (Å²) in [6.45, 7) is 10.4. The Balaban J connectivity index is 1.19. The van der Waals surface area contributed by atoms with Crippen molar-refractivity contribution in [3.05, 3.63) is 11.6 Å². The zero-order chi connectivity index (χ0) is 19.5. The van der Waals surface area contributed by atoms with E-state index in [1.165, 1.54) is 38.5 Å². The van der Waals surface area contributed by atoms with E-state index in [1.54, 1.807) is 0 Å². The summed E-state index contributed by atoms with van der Waals surface area (Å²) in [5.41, 5.74) is 0.477. The predicted molar refractivity (Wildman–Crippen MR) is 108 cm³/mol. The molecule has 1 saturated heterocycles. The van der Waals surface area contributed by atoms with E-state index in [4.69, 9.17) is 0 Å². The molecule has 1 aromatic rings. The van der Waals surface area contributed by atoms with Gasteiger partial charge in [0.2, 0.25) is 5.91 Å². The van der Waals surface area contributed by atoms with E-state index in [-0.39, 0.29) is 11.8 Å². The highest BCUT2D eigenvalue weighted by Gasteiger charge is 2.53. The van der Waals surface area contributed by atoms with Gasteiger partial charge in [0.25, 0.3) is 0 Å². The Labute approximate surface area is 168 Å². The predicted octanol–water partition coefficient (Wildman–Crippen LogP) is 2.64. The molecule has 0 N–H and O–H groups in total. The summed E-state index contributed by atoms with van der Waals surface area (Å²) >= 11 is 0. The number of aromatic nitrogens is 3. The minimum Gasteiger partial charge on any atom is -0.340 e. The smallest absolute Gasteiger partial charge is 0.227 e. The zero-order valence-corrected chi connectivity index (χ0v) is 17.7. The second-order valence-electron chi connectivity index (χ2n) is 10.2. The summed E-state index contributed by atoms with van der Waals surface area (Å²) in [4.78, 5) is 22.3. The number of aryl methyl sites for hydroxylation is 2. The second-order valence-corrected chi connectivity index (χ2v) is 10.2. The first-order valence-corrected chi connectivity index (χ1v) is 11.3.